The average molecular weight is 475 g/mol. The Kier molecular flexibility index (Phi) is 5.31. The molecule has 0 radical (unpaired) electrons. The van der Waals surface area contributed by atoms with E-state index < -0.39 is 23.5 Å². The van der Waals surface area contributed by atoms with Gasteiger partial charge < -0.3 is 20.1 Å². The fourth-order valence-corrected chi connectivity index (χ4v) is 6.79. The van der Waals surface area contributed by atoms with Crippen molar-refractivity contribution in [3.8, 4) is 11.1 Å². The number of rotatable bonds is 5. The van der Waals surface area contributed by atoms with Crippen LogP contribution in [-0.2, 0) is 14.3 Å². The van der Waals surface area contributed by atoms with Crippen molar-refractivity contribution in [2.45, 2.75) is 56.5 Å². The number of carboxylic acids is 1. The molecular formula is C28H30N2O5. The van der Waals surface area contributed by atoms with Gasteiger partial charge in [-0.1, -0.05) is 48.5 Å². The third-order valence-corrected chi connectivity index (χ3v) is 8.55. The molecule has 4 unspecified atom stereocenters. The Morgan fingerprint density at radius 1 is 1.00 bits per heavy atom. The molecule has 4 aliphatic rings. The van der Waals surface area contributed by atoms with Gasteiger partial charge >= 0.3 is 12.1 Å². The lowest BCUT2D eigenvalue weighted by molar-refractivity contribution is -0.154. The zero-order chi connectivity index (χ0) is 24.2. The van der Waals surface area contributed by atoms with Gasteiger partial charge in [0, 0.05) is 18.5 Å². The maximum absolute atomic E-state index is 13.4. The number of amides is 2. The number of carbonyl (C=O) groups excluding carboxylic acids is 2. The Balaban J connectivity index is 1.07. The Morgan fingerprint density at radius 3 is 2.37 bits per heavy atom. The fraction of sp³-hybridized carbons (Fsp3) is 0.464. The van der Waals surface area contributed by atoms with E-state index in [4.69, 9.17) is 4.74 Å². The number of benzene rings is 2. The quantitative estimate of drug-likeness (QED) is 0.679. The van der Waals surface area contributed by atoms with Crippen molar-refractivity contribution >= 4 is 18.0 Å². The Hall–Kier alpha value is -3.35. The molecule has 35 heavy (non-hydrogen) atoms. The third kappa shape index (κ3) is 3.68. The van der Waals surface area contributed by atoms with Gasteiger partial charge in [0.05, 0.1) is 5.41 Å². The summed E-state index contributed by atoms with van der Waals surface area (Å²) in [6.45, 7) is 0.767. The molecule has 3 fully saturated rings. The number of alkyl carbamates (subject to hydrolysis) is 1. The van der Waals surface area contributed by atoms with Crippen LogP contribution in [0, 0.1) is 11.3 Å². The second-order valence-electron chi connectivity index (χ2n) is 10.5. The molecule has 4 atom stereocenters. The van der Waals surface area contributed by atoms with Crippen LogP contribution in [-0.4, -0.2) is 53.2 Å². The number of likely N-dealkylation sites (tertiary alicyclic amines) is 1. The molecule has 1 heterocycles. The summed E-state index contributed by atoms with van der Waals surface area (Å²) in [5, 5.41) is 12.6. The lowest BCUT2D eigenvalue weighted by Crippen LogP contribution is -2.51. The van der Waals surface area contributed by atoms with Gasteiger partial charge in [-0.25, -0.2) is 9.59 Å². The molecule has 0 aromatic heterocycles. The first-order valence-electron chi connectivity index (χ1n) is 12.6. The number of hydrogen-bond acceptors (Lipinski definition) is 4. The molecule has 2 aromatic rings. The standard InChI is InChI=1S/C28H30N2O5/c31-25(32)24-11-5-6-12-30(24)26(33)28-14-17(28)13-18(15-28)29-27(34)35-16-23-21-9-3-1-7-19(21)20-8-2-4-10-22(20)23/h1-4,7-10,17-18,23-24H,5-6,11-16H2,(H,29,34)(H,31,32). The molecule has 2 aromatic carbocycles. The van der Waals surface area contributed by atoms with E-state index in [1.807, 2.05) is 24.3 Å². The van der Waals surface area contributed by atoms with Gasteiger partial charge in [-0.3, -0.25) is 4.79 Å². The van der Waals surface area contributed by atoms with E-state index in [0.717, 1.165) is 25.7 Å². The van der Waals surface area contributed by atoms with Gasteiger partial charge in [-0.05, 0) is 66.7 Å². The van der Waals surface area contributed by atoms with Crippen LogP contribution in [0.25, 0.3) is 11.1 Å². The van der Waals surface area contributed by atoms with E-state index in [-0.39, 0.29) is 30.4 Å². The minimum atomic E-state index is -0.919. The number of ether oxygens (including phenoxy) is 1. The van der Waals surface area contributed by atoms with Crippen LogP contribution in [0.4, 0.5) is 4.79 Å². The number of nitrogens with zero attached hydrogens (tertiary/aromatic N) is 1. The minimum absolute atomic E-state index is 0.00473. The summed E-state index contributed by atoms with van der Waals surface area (Å²) in [6.07, 6.45) is 3.83. The fourth-order valence-electron chi connectivity index (χ4n) is 6.79. The molecule has 1 aliphatic heterocycles. The van der Waals surface area contributed by atoms with Crippen LogP contribution < -0.4 is 5.32 Å². The summed E-state index contributed by atoms with van der Waals surface area (Å²) >= 11 is 0. The van der Waals surface area contributed by atoms with Gasteiger partial charge in [-0.2, -0.15) is 0 Å². The highest BCUT2D eigenvalue weighted by Gasteiger charge is 2.66. The minimum Gasteiger partial charge on any atom is -0.480 e. The summed E-state index contributed by atoms with van der Waals surface area (Å²) < 4.78 is 5.69. The average Bonchev–Trinajstić information content (AvgIpc) is 3.30. The lowest BCUT2D eigenvalue weighted by Gasteiger charge is -2.35. The number of piperidine rings is 1. The van der Waals surface area contributed by atoms with Crippen LogP contribution in [0.1, 0.15) is 55.6 Å². The zero-order valence-corrected chi connectivity index (χ0v) is 19.6. The second kappa shape index (κ2) is 8.40. The van der Waals surface area contributed by atoms with Crippen molar-refractivity contribution in [2.24, 2.45) is 11.3 Å². The summed E-state index contributed by atoms with van der Waals surface area (Å²) in [6, 6.07) is 15.6. The summed E-state index contributed by atoms with van der Waals surface area (Å²) in [7, 11) is 0. The van der Waals surface area contributed by atoms with Crippen LogP contribution in [0.15, 0.2) is 48.5 Å². The van der Waals surface area contributed by atoms with Crippen molar-refractivity contribution in [2.75, 3.05) is 13.2 Å². The predicted molar refractivity (Wildman–Crippen MR) is 129 cm³/mol. The molecule has 6 rings (SSSR count). The highest BCUT2D eigenvalue weighted by atomic mass is 16.5. The molecular weight excluding hydrogens is 444 g/mol. The Bertz CT molecular complexity index is 1150. The van der Waals surface area contributed by atoms with Crippen molar-refractivity contribution in [3.63, 3.8) is 0 Å². The van der Waals surface area contributed by atoms with Gasteiger partial charge in [0.15, 0.2) is 0 Å². The summed E-state index contributed by atoms with van der Waals surface area (Å²) in [5.41, 5.74) is 4.20. The molecule has 182 valence electrons. The largest absolute Gasteiger partial charge is 0.480 e. The molecule has 7 heteroatoms. The molecule has 2 amide bonds. The first kappa shape index (κ1) is 22.1. The number of carbonyl (C=O) groups is 3. The number of carboxylic acid groups (broad SMARTS) is 1. The number of nitrogens with one attached hydrogen (secondary N) is 1. The van der Waals surface area contributed by atoms with Gasteiger partial charge in [0.1, 0.15) is 12.6 Å². The Morgan fingerprint density at radius 2 is 1.69 bits per heavy atom. The molecule has 7 nitrogen and oxygen atoms in total. The summed E-state index contributed by atoms with van der Waals surface area (Å²) in [4.78, 5) is 39.3. The number of hydrogen-bond donors (Lipinski definition) is 2. The smallest absolute Gasteiger partial charge is 0.407 e. The lowest BCUT2D eigenvalue weighted by atomic mass is 9.95. The SMILES string of the molecule is O=C(NC1CC2CC2(C(=O)N2CCCCC2C(=O)O)C1)OCC1c2ccccc2-c2ccccc21. The first-order valence-corrected chi connectivity index (χ1v) is 12.6. The maximum atomic E-state index is 13.4. The van der Waals surface area contributed by atoms with Crippen LogP contribution >= 0.6 is 0 Å². The number of aliphatic carboxylic acids is 1. The van der Waals surface area contributed by atoms with E-state index in [1.54, 1.807) is 4.90 Å². The van der Waals surface area contributed by atoms with E-state index in [1.165, 1.54) is 22.3 Å². The Labute approximate surface area is 204 Å². The van der Waals surface area contributed by atoms with Crippen molar-refractivity contribution < 1.29 is 24.2 Å². The third-order valence-electron chi connectivity index (χ3n) is 8.55. The van der Waals surface area contributed by atoms with Gasteiger partial charge in [0.2, 0.25) is 5.91 Å². The van der Waals surface area contributed by atoms with Gasteiger partial charge in [0.25, 0.3) is 0 Å². The molecule has 2 saturated carbocycles. The highest BCUT2D eigenvalue weighted by Crippen LogP contribution is 2.64. The monoisotopic (exact) mass is 474 g/mol. The first-order chi connectivity index (χ1) is 17.0. The van der Waals surface area contributed by atoms with E-state index in [0.29, 0.717) is 19.4 Å². The van der Waals surface area contributed by atoms with E-state index >= 15 is 0 Å². The van der Waals surface area contributed by atoms with Gasteiger partial charge in [-0.15, -0.1) is 0 Å². The van der Waals surface area contributed by atoms with E-state index in [9.17, 15) is 19.5 Å². The van der Waals surface area contributed by atoms with Crippen molar-refractivity contribution in [3.05, 3.63) is 59.7 Å². The van der Waals surface area contributed by atoms with Crippen LogP contribution in [0.5, 0.6) is 0 Å². The van der Waals surface area contributed by atoms with E-state index in [2.05, 4.69) is 29.6 Å². The second-order valence-corrected chi connectivity index (χ2v) is 10.5. The van der Waals surface area contributed by atoms with Crippen molar-refractivity contribution in [1.82, 2.24) is 10.2 Å². The summed E-state index contributed by atoms with van der Waals surface area (Å²) in [5.74, 6) is -0.736. The maximum Gasteiger partial charge on any atom is 0.407 e. The topological polar surface area (TPSA) is 95.9 Å². The van der Waals surface area contributed by atoms with Crippen molar-refractivity contribution in [1.29, 1.82) is 0 Å². The number of fused-ring (bicyclic) bond motifs is 4. The van der Waals surface area contributed by atoms with Crippen LogP contribution in [0.2, 0.25) is 0 Å². The molecule has 0 bridgehead atoms. The highest BCUT2D eigenvalue weighted by molar-refractivity contribution is 5.90. The molecule has 0 spiro atoms. The molecule has 1 saturated heterocycles. The molecule has 3 aliphatic carbocycles. The molecule has 2 N–H and O–H groups in total. The van der Waals surface area contributed by atoms with Crippen LogP contribution in [0.3, 0.4) is 0 Å². The predicted octanol–water partition coefficient (Wildman–Crippen LogP) is 4.16. The normalized spacial score (nSPS) is 28.6. The zero-order valence-electron chi connectivity index (χ0n) is 19.6.